The Labute approximate surface area is 204 Å². The summed E-state index contributed by atoms with van der Waals surface area (Å²) in [5.41, 5.74) is 6.61. The van der Waals surface area contributed by atoms with Gasteiger partial charge in [0.25, 0.3) is 0 Å². The number of halogens is 2. The van der Waals surface area contributed by atoms with E-state index in [9.17, 15) is 0 Å². The van der Waals surface area contributed by atoms with Gasteiger partial charge >= 0.3 is 0 Å². The first-order valence-electron chi connectivity index (χ1n) is 11.4. The molecular formula is C27H27Cl2N3O. The van der Waals surface area contributed by atoms with Gasteiger partial charge in [0.05, 0.1) is 35.5 Å². The highest BCUT2D eigenvalue weighted by Crippen LogP contribution is 2.40. The van der Waals surface area contributed by atoms with Crippen molar-refractivity contribution in [1.29, 1.82) is 0 Å². The highest BCUT2D eigenvalue weighted by molar-refractivity contribution is 6.37. The highest BCUT2D eigenvalue weighted by Gasteiger charge is 2.22. The van der Waals surface area contributed by atoms with Crippen LogP contribution in [0.15, 0.2) is 60.9 Å². The number of rotatable bonds is 5. The molecule has 2 heterocycles. The minimum Gasteiger partial charge on any atom is -0.495 e. The second-order valence-electron chi connectivity index (χ2n) is 8.60. The molecule has 1 aromatic heterocycles. The average molecular weight is 480 g/mol. The van der Waals surface area contributed by atoms with Crippen LogP contribution in [0.4, 0.5) is 0 Å². The predicted molar refractivity (Wildman–Crippen MR) is 137 cm³/mol. The Morgan fingerprint density at radius 3 is 2.73 bits per heavy atom. The van der Waals surface area contributed by atoms with Crippen LogP contribution in [0.5, 0.6) is 5.75 Å². The Morgan fingerprint density at radius 2 is 1.94 bits per heavy atom. The van der Waals surface area contributed by atoms with Crippen molar-refractivity contribution in [2.45, 2.75) is 38.3 Å². The van der Waals surface area contributed by atoms with Gasteiger partial charge < -0.3 is 14.6 Å². The molecule has 0 spiro atoms. The number of hydrogen-bond acceptors (Lipinski definition) is 3. The van der Waals surface area contributed by atoms with Gasteiger partial charge in [-0.05, 0) is 67.3 Å². The molecule has 4 nitrogen and oxygen atoms in total. The molecule has 0 unspecified atom stereocenters. The number of ether oxygens (including phenoxy) is 1. The van der Waals surface area contributed by atoms with Crippen molar-refractivity contribution in [3.8, 4) is 16.9 Å². The molecule has 1 aliphatic rings. The first kappa shape index (κ1) is 22.3. The second-order valence-corrected chi connectivity index (χ2v) is 9.38. The van der Waals surface area contributed by atoms with Gasteiger partial charge in [0.2, 0.25) is 0 Å². The van der Waals surface area contributed by atoms with Crippen LogP contribution in [-0.2, 0) is 0 Å². The topological polar surface area (TPSA) is 39.1 Å². The van der Waals surface area contributed by atoms with Crippen LogP contribution in [0.2, 0.25) is 10.0 Å². The molecular weight excluding hydrogens is 453 g/mol. The summed E-state index contributed by atoms with van der Waals surface area (Å²) < 4.78 is 7.55. The first-order valence-corrected chi connectivity index (χ1v) is 12.1. The van der Waals surface area contributed by atoms with Crippen molar-refractivity contribution in [3.05, 3.63) is 82.1 Å². The van der Waals surface area contributed by atoms with E-state index >= 15 is 0 Å². The van der Waals surface area contributed by atoms with E-state index in [4.69, 9.17) is 27.9 Å². The van der Waals surface area contributed by atoms with Crippen molar-refractivity contribution in [1.82, 2.24) is 14.9 Å². The lowest BCUT2D eigenvalue weighted by Gasteiger charge is -2.26. The van der Waals surface area contributed by atoms with Crippen LogP contribution < -0.4 is 10.1 Å². The molecule has 0 saturated carbocycles. The van der Waals surface area contributed by atoms with Crippen molar-refractivity contribution in [3.63, 3.8) is 0 Å². The zero-order valence-electron chi connectivity index (χ0n) is 18.8. The Hall–Kier alpha value is -2.53. The highest BCUT2D eigenvalue weighted by atomic mass is 35.5. The SMILES string of the molecule is COc1ccc(Cl)c([C@@H](C)n2cnc3ccc(-c4ccccc4[C@H]4CCCCN4)cc32)c1Cl. The molecule has 33 heavy (non-hydrogen) atoms. The van der Waals surface area contributed by atoms with Crippen LogP contribution in [0.25, 0.3) is 22.2 Å². The Morgan fingerprint density at radius 1 is 1.09 bits per heavy atom. The lowest BCUT2D eigenvalue weighted by molar-refractivity contribution is 0.413. The minimum atomic E-state index is -0.115. The largest absolute Gasteiger partial charge is 0.495 e. The van der Waals surface area contributed by atoms with Gasteiger partial charge in [0, 0.05) is 16.6 Å². The number of nitrogens with one attached hydrogen (secondary N) is 1. The second kappa shape index (κ2) is 9.38. The fraction of sp³-hybridized carbons (Fsp3) is 0.296. The Bertz CT molecular complexity index is 1290. The maximum atomic E-state index is 6.66. The number of imidazole rings is 1. The average Bonchev–Trinajstić information content (AvgIpc) is 3.28. The van der Waals surface area contributed by atoms with Gasteiger partial charge in [-0.2, -0.15) is 0 Å². The summed E-state index contributed by atoms with van der Waals surface area (Å²) in [6.07, 6.45) is 5.54. The lowest BCUT2D eigenvalue weighted by Crippen LogP contribution is -2.27. The quantitative estimate of drug-likeness (QED) is 0.323. The molecule has 170 valence electrons. The van der Waals surface area contributed by atoms with Gasteiger partial charge in [-0.15, -0.1) is 0 Å². The zero-order chi connectivity index (χ0) is 22.9. The molecule has 0 amide bonds. The summed E-state index contributed by atoms with van der Waals surface area (Å²) in [4.78, 5) is 4.65. The number of hydrogen-bond donors (Lipinski definition) is 1. The van der Waals surface area contributed by atoms with Gasteiger partial charge in [-0.1, -0.05) is 60.0 Å². The van der Waals surface area contributed by atoms with Gasteiger partial charge in [0.15, 0.2) is 0 Å². The first-order chi connectivity index (χ1) is 16.1. The molecule has 3 aromatic carbocycles. The third kappa shape index (κ3) is 4.12. The third-order valence-corrected chi connectivity index (χ3v) is 7.40. The van der Waals surface area contributed by atoms with Crippen LogP contribution in [0.3, 0.4) is 0 Å². The number of benzene rings is 3. The molecule has 4 aromatic rings. The summed E-state index contributed by atoms with van der Waals surface area (Å²) in [6, 6.07) is 19.1. The van der Waals surface area contributed by atoms with Crippen molar-refractivity contribution in [2.75, 3.05) is 13.7 Å². The molecule has 1 fully saturated rings. The maximum absolute atomic E-state index is 6.66. The van der Waals surface area contributed by atoms with E-state index in [1.807, 2.05) is 12.4 Å². The summed E-state index contributed by atoms with van der Waals surface area (Å²) >= 11 is 13.2. The van der Waals surface area contributed by atoms with E-state index in [0.717, 1.165) is 23.1 Å². The van der Waals surface area contributed by atoms with E-state index in [1.54, 1.807) is 13.2 Å². The smallest absolute Gasteiger partial charge is 0.137 e. The van der Waals surface area contributed by atoms with E-state index in [1.165, 1.54) is 36.0 Å². The van der Waals surface area contributed by atoms with Gasteiger partial charge in [-0.25, -0.2) is 4.98 Å². The number of piperidine rings is 1. The number of nitrogens with zero attached hydrogens (tertiary/aromatic N) is 2. The summed E-state index contributed by atoms with van der Waals surface area (Å²) in [6.45, 7) is 3.16. The molecule has 0 radical (unpaired) electrons. The van der Waals surface area contributed by atoms with Crippen molar-refractivity contribution >= 4 is 34.2 Å². The standard InChI is InChI=1S/C27H27Cl2N3O/c1-17(26-21(28)11-13-25(33-2)27(26)29)32-16-31-23-12-10-18(15-24(23)32)19-7-3-4-8-20(19)22-9-5-6-14-30-22/h3-4,7-8,10-13,15-17,22,30H,5-6,9,14H2,1-2H3/t17-,22-/m1/s1. The van der Waals surface area contributed by atoms with E-state index in [-0.39, 0.29) is 6.04 Å². The summed E-state index contributed by atoms with van der Waals surface area (Å²) in [7, 11) is 1.61. The molecule has 5 rings (SSSR count). The van der Waals surface area contributed by atoms with Gasteiger partial charge in [-0.3, -0.25) is 0 Å². The molecule has 1 saturated heterocycles. The Kier molecular flexibility index (Phi) is 6.33. The lowest BCUT2D eigenvalue weighted by atomic mass is 9.90. The normalized spacial score (nSPS) is 17.3. The molecule has 1 N–H and O–H groups in total. The predicted octanol–water partition coefficient (Wildman–Crippen LogP) is 7.44. The van der Waals surface area contributed by atoms with Crippen molar-refractivity contribution < 1.29 is 4.74 Å². The molecule has 0 aliphatic carbocycles. The third-order valence-electron chi connectivity index (χ3n) is 6.68. The fourth-order valence-corrected chi connectivity index (χ4v) is 5.68. The molecule has 6 heteroatoms. The number of fused-ring (bicyclic) bond motifs is 1. The number of methoxy groups -OCH3 is 1. The van der Waals surface area contributed by atoms with Gasteiger partial charge in [0.1, 0.15) is 5.75 Å². The zero-order valence-corrected chi connectivity index (χ0v) is 20.3. The van der Waals surface area contributed by atoms with E-state index < -0.39 is 0 Å². The fourth-order valence-electron chi connectivity index (χ4n) is 4.91. The van der Waals surface area contributed by atoms with E-state index in [2.05, 4.69) is 64.3 Å². The Balaban J connectivity index is 1.59. The van der Waals surface area contributed by atoms with E-state index in [0.29, 0.717) is 21.8 Å². The molecule has 2 atom stereocenters. The van der Waals surface area contributed by atoms with Crippen LogP contribution in [0, 0.1) is 0 Å². The summed E-state index contributed by atoms with van der Waals surface area (Å²) in [5, 5.41) is 4.84. The summed E-state index contributed by atoms with van der Waals surface area (Å²) in [5.74, 6) is 0.613. The van der Waals surface area contributed by atoms with Crippen LogP contribution in [-0.4, -0.2) is 23.2 Å². The monoisotopic (exact) mass is 479 g/mol. The molecule has 1 aliphatic heterocycles. The molecule has 0 bridgehead atoms. The van der Waals surface area contributed by atoms with Crippen LogP contribution in [0.1, 0.15) is 49.4 Å². The van der Waals surface area contributed by atoms with Crippen molar-refractivity contribution in [2.24, 2.45) is 0 Å². The minimum absolute atomic E-state index is 0.115. The maximum Gasteiger partial charge on any atom is 0.137 e. The van der Waals surface area contributed by atoms with Crippen LogP contribution >= 0.6 is 23.2 Å². The number of aromatic nitrogens is 2.